The summed E-state index contributed by atoms with van der Waals surface area (Å²) in [6.07, 6.45) is 1.90. The first-order chi connectivity index (χ1) is 12.9. The van der Waals surface area contributed by atoms with Crippen LogP contribution in [0.1, 0.15) is 37.7 Å². The molecule has 146 valence electrons. The molecule has 6 nitrogen and oxygen atoms in total. The molecule has 3 heterocycles. The maximum absolute atomic E-state index is 4.86. The molecule has 0 aromatic carbocycles. The van der Waals surface area contributed by atoms with Crippen LogP contribution in [0.25, 0.3) is 5.82 Å². The molecular formula is C20H30N6S. The Morgan fingerprint density at radius 1 is 1.33 bits per heavy atom. The fraction of sp³-hybridized carbons (Fsp3) is 0.550. The van der Waals surface area contributed by atoms with Crippen LogP contribution < -0.4 is 5.32 Å². The normalized spacial score (nSPS) is 17.2. The first-order valence-corrected chi connectivity index (χ1v) is 10.5. The van der Waals surface area contributed by atoms with E-state index in [1.807, 2.05) is 42.6 Å². The van der Waals surface area contributed by atoms with E-state index in [4.69, 9.17) is 4.99 Å². The predicted octanol–water partition coefficient (Wildman–Crippen LogP) is 3.18. The van der Waals surface area contributed by atoms with Gasteiger partial charge in [0.2, 0.25) is 0 Å². The Morgan fingerprint density at radius 2 is 2.15 bits per heavy atom. The summed E-state index contributed by atoms with van der Waals surface area (Å²) in [6.45, 7) is 14.3. The molecular weight excluding hydrogens is 356 g/mol. The quantitative estimate of drug-likeness (QED) is 0.646. The maximum Gasteiger partial charge on any atom is 0.194 e. The monoisotopic (exact) mass is 386 g/mol. The highest BCUT2D eigenvalue weighted by molar-refractivity contribution is 8.00. The molecule has 0 bridgehead atoms. The summed E-state index contributed by atoms with van der Waals surface area (Å²) in [4.78, 5) is 11.8. The molecule has 2 aromatic heterocycles. The number of rotatable bonds is 4. The summed E-state index contributed by atoms with van der Waals surface area (Å²) in [5, 5.41) is 7.93. The van der Waals surface area contributed by atoms with Gasteiger partial charge in [-0.05, 0) is 52.3 Å². The summed E-state index contributed by atoms with van der Waals surface area (Å²) in [6, 6.07) is 6.15. The largest absolute Gasteiger partial charge is 0.357 e. The van der Waals surface area contributed by atoms with E-state index in [-0.39, 0.29) is 4.75 Å². The van der Waals surface area contributed by atoms with E-state index in [1.165, 1.54) is 0 Å². The van der Waals surface area contributed by atoms with Gasteiger partial charge in [-0.15, -0.1) is 0 Å². The van der Waals surface area contributed by atoms with Crippen molar-refractivity contribution in [1.82, 2.24) is 25.0 Å². The van der Waals surface area contributed by atoms with Crippen LogP contribution in [-0.4, -0.2) is 55.8 Å². The molecule has 7 heteroatoms. The first-order valence-electron chi connectivity index (χ1n) is 9.54. The molecule has 1 aliphatic rings. The number of pyridine rings is 1. The van der Waals surface area contributed by atoms with Crippen molar-refractivity contribution in [2.75, 3.05) is 25.4 Å². The summed E-state index contributed by atoms with van der Waals surface area (Å²) in [5.41, 5.74) is 3.19. The van der Waals surface area contributed by atoms with E-state index in [0.717, 1.165) is 54.1 Å². The molecule has 1 fully saturated rings. The Bertz CT molecular complexity index is 793. The Kier molecular flexibility index (Phi) is 6.09. The van der Waals surface area contributed by atoms with Gasteiger partial charge in [-0.3, -0.25) is 0 Å². The number of aromatic nitrogens is 3. The van der Waals surface area contributed by atoms with Gasteiger partial charge in [-0.25, -0.2) is 14.7 Å². The maximum atomic E-state index is 4.86. The highest BCUT2D eigenvalue weighted by atomic mass is 32.2. The lowest BCUT2D eigenvalue weighted by Crippen LogP contribution is -2.50. The zero-order valence-corrected chi connectivity index (χ0v) is 17.8. The Morgan fingerprint density at radius 3 is 2.74 bits per heavy atom. The van der Waals surface area contributed by atoms with E-state index in [1.54, 1.807) is 0 Å². The summed E-state index contributed by atoms with van der Waals surface area (Å²) < 4.78 is 2.14. The molecule has 27 heavy (non-hydrogen) atoms. The van der Waals surface area contributed by atoms with Gasteiger partial charge in [0, 0.05) is 42.0 Å². The van der Waals surface area contributed by atoms with Crippen LogP contribution in [0.4, 0.5) is 0 Å². The van der Waals surface area contributed by atoms with E-state index in [0.29, 0.717) is 6.54 Å². The fourth-order valence-electron chi connectivity index (χ4n) is 3.29. The summed E-state index contributed by atoms with van der Waals surface area (Å²) in [5.74, 6) is 2.97. The van der Waals surface area contributed by atoms with Crippen molar-refractivity contribution < 1.29 is 0 Å². The molecule has 3 rings (SSSR count). The lowest BCUT2D eigenvalue weighted by Gasteiger charge is -2.39. The van der Waals surface area contributed by atoms with Gasteiger partial charge in [-0.2, -0.15) is 16.9 Å². The van der Waals surface area contributed by atoms with Crippen LogP contribution in [0.5, 0.6) is 0 Å². The van der Waals surface area contributed by atoms with Gasteiger partial charge in [-0.1, -0.05) is 6.07 Å². The number of thioether (sulfide) groups is 1. The standard InChI is InChI=1S/C20H30N6S/c1-6-21-19(25-9-10-27-20(4,5)14-25)23-13-17-7-8-18(22-12-17)26-16(3)11-15(2)24-26/h7-8,11-12H,6,9-10,13-14H2,1-5H3,(H,21,23). The number of hydrogen-bond acceptors (Lipinski definition) is 4. The zero-order chi connectivity index (χ0) is 19.4. The molecule has 0 unspecified atom stereocenters. The van der Waals surface area contributed by atoms with Crippen molar-refractivity contribution in [1.29, 1.82) is 0 Å². The van der Waals surface area contributed by atoms with E-state index in [2.05, 4.69) is 53.2 Å². The number of aliphatic imine (C=N–C) groups is 1. The Balaban J connectivity index is 1.71. The van der Waals surface area contributed by atoms with E-state index in [9.17, 15) is 0 Å². The molecule has 0 atom stereocenters. The predicted molar refractivity (Wildman–Crippen MR) is 114 cm³/mol. The average Bonchev–Trinajstić information content (AvgIpc) is 2.96. The molecule has 0 radical (unpaired) electrons. The van der Waals surface area contributed by atoms with E-state index >= 15 is 0 Å². The minimum Gasteiger partial charge on any atom is -0.357 e. The Hall–Kier alpha value is -2.02. The van der Waals surface area contributed by atoms with Gasteiger partial charge >= 0.3 is 0 Å². The first kappa shape index (κ1) is 19.7. The molecule has 0 spiro atoms. The highest BCUT2D eigenvalue weighted by Gasteiger charge is 2.28. The third kappa shape index (κ3) is 5.03. The van der Waals surface area contributed by atoms with Crippen molar-refractivity contribution in [2.45, 2.75) is 45.9 Å². The van der Waals surface area contributed by atoms with Gasteiger partial charge in [0.15, 0.2) is 11.8 Å². The fourth-order valence-corrected chi connectivity index (χ4v) is 4.40. The van der Waals surface area contributed by atoms with Crippen molar-refractivity contribution in [3.8, 4) is 5.82 Å². The minimum atomic E-state index is 0.261. The van der Waals surface area contributed by atoms with Crippen molar-refractivity contribution in [2.24, 2.45) is 4.99 Å². The van der Waals surface area contributed by atoms with Crippen LogP contribution in [0.3, 0.4) is 0 Å². The van der Waals surface area contributed by atoms with Gasteiger partial charge < -0.3 is 10.2 Å². The van der Waals surface area contributed by atoms with E-state index < -0.39 is 0 Å². The molecule has 0 amide bonds. The van der Waals surface area contributed by atoms with Crippen molar-refractivity contribution in [3.05, 3.63) is 41.3 Å². The van der Waals surface area contributed by atoms with Crippen LogP contribution in [0.15, 0.2) is 29.4 Å². The second-order valence-corrected chi connectivity index (χ2v) is 9.37. The number of nitrogens with one attached hydrogen (secondary N) is 1. The lowest BCUT2D eigenvalue weighted by molar-refractivity contribution is 0.376. The highest BCUT2D eigenvalue weighted by Crippen LogP contribution is 2.29. The third-order valence-corrected chi connectivity index (χ3v) is 5.80. The van der Waals surface area contributed by atoms with Crippen LogP contribution >= 0.6 is 11.8 Å². The molecule has 0 saturated carbocycles. The SMILES string of the molecule is CCNC(=NCc1ccc(-n2nc(C)cc2C)nc1)N1CCSC(C)(C)C1. The number of aryl methyl sites for hydroxylation is 2. The zero-order valence-electron chi connectivity index (χ0n) is 17.0. The van der Waals surface area contributed by atoms with Crippen molar-refractivity contribution >= 4 is 17.7 Å². The second kappa shape index (κ2) is 8.33. The third-order valence-electron chi connectivity index (χ3n) is 4.51. The van der Waals surface area contributed by atoms with Crippen LogP contribution in [0, 0.1) is 13.8 Å². The molecule has 1 saturated heterocycles. The molecule has 1 N–H and O–H groups in total. The molecule has 2 aromatic rings. The van der Waals surface area contributed by atoms with Gasteiger partial charge in [0.05, 0.1) is 12.2 Å². The number of guanidine groups is 1. The molecule has 0 aliphatic carbocycles. The van der Waals surface area contributed by atoms with Crippen LogP contribution in [0.2, 0.25) is 0 Å². The van der Waals surface area contributed by atoms with Gasteiger partial charge in [0.1, 0.15) is 0 Å². The van der Waals surface area contributed by atoms with Crippen LogP contribution in [-0.2, 0) is 6.54 Å². The molecule has 1 aliphatic heterocycles. The topological polar surface area (TPSA) is 58.3 Å². The number of nitrogens with zero attached hydrogens (tertiary/aromatic N) is 5. The summed E-state index contributed by atoms with van der Waals surface area (Å²) in [7, 11) is 0. The lowest BCUT2D eigenvalue weighted by atomic mass is 10.2. The smallest absolute Gasteiger partial charge is 0.194 e. The average molecular weight is 387 g/mol. The van der Waals surface area contributed by atoms with Gasteiger partial charge in [0.25, 0.3) is 0 Å². The second-order valence-electron chi connectivity index (χ2n) is 7.56. The Labute approximate surface area is 166 Å². The minimum absolute atomic E-state index is 0.261. The summed E-state index contributed by atoms with van der Waals surface area (Å²) >= 11 is 2.03. The van der Waals surface area contributed by atoms with Crippen molar-refractivity contribution in [3.63, 3.8) is 0 Å². The number of hydrogen-bond donors (Lipinski definition) is 1.